The maximum Gasteiger partial charge on any atom is 0.260 e. The minimum Gasteiger partial charge on any atom is -0.497 e. The van der Waals surface area contributed by atoms with Crippen LogP contribution in [0, 0.1) is 0 Å². The first-order valence-electron chi connectivity index (χ1n) is 9.10. The van der Waals surface area contributed by atoms with Gasteiger partial charge in [0.1, 0.15) is 23.0 Å². The molecule has 0 bridgehead atoms. The van der Waals surface area contributed by atoms with Crippen LogP contribution in [-0.4, -0.2) is 55.9 Å². The van der Waals surface area contributed by atoms with Crippen LogP contribution < -0.4 is 18.9 Å². The number of methoxy groups -OCH3 is 3. The number of ether oxygens (including phenoxy) is 4. The van der Waals surface area contributed by atoms with Gasteiger partial charge in [0, 0.05) is 13.1 Å². The summed E-state index contributed by atoms with van der Waals surface area (Å²) in [7, 11) is 6.35. The Hall–Kier alpha value is -3.75. The fourth-order valence-corrected chi connectivity index (χ4v) is 2.63. The zero-order valence-electron chi connectivity index (χ0n) is 17.2. The lowest BCUT2D eigenvalue weighted by Crippen LogP contribution is -2.31. The van der Waals surface area contributed by atoms with Crippen LogP contribution in [0.4, 0.5) is 0 Å². The number of hydrogen-bond donors (Lipinski definition) is 0. The Labute approximate surface area is 174 Å². The van der Waals surface area contributed by atoms with Crippen LogP contribution in [0.25, 0.3) is 11.4 Å². The smallest absolute Gasteiger partial charge is 0.260 e. The molecule has 0 N–H and O–H groups in total. The highest BCUT2D eigenvalue weighted by molar-refractivity contribution is 5.77. The molecule has 0 saturated heterocycles. The molecule has 0 atom stereocenters. The topological polar surface area (TPSA) is 96.2 Å². The van der Waals surface area contributed by atoms with Gasteiger partial charge in [-0.2, -0.15) is 4.98 Å². The first-order chi connectivity index (χ1) is 14.5. The van der Waals surface area contributed by atoms with E-state index in [9.17, 15) is 4.79 Å². The van der Waals surface area contributed by atoms with Gasteiger partial charge >= 0.3 is 0 Å². The van der Waals surface area contributed by atoms with Crippen LogP contribution in [0.1, 0.15) is 5.89 Å². The zero-order chi connectivity index (χ0) is 21.5. The summed E-state index contributed by atoms with van der Waals surface area (Å²) < 4.78 is 26.5. The Balaban J connectivity index is 1.60. The van der Waals surface area contributed by atoms with E-state index < -0.39 is 0 Å². The van der Waals surface area contributed by atoms with E-state index in [0.29, 0.717) is 40.3 Å². The molecular formula is C21H23N3O6. The van der Waals surface area contributed by atoms with Gasteiger partial charge in [0.05, 0.1) is 33.4 Å². The van der Waals surface area contributed by atoms with Crippen molar-refractivity contribution in [2.24, 2.45) is 0 Å². The Morgan fingerprint density at radius 1 is 0.967 bits per heavy atom. The lowest BCUT2D eigenvalue weighted by molar-refractivity contribution is -0.132. The Kier molecular flexibility index (Phi) is 6.74. The lowest BCUT2D eigenvalue weighted by atomic mass is 10.2. The molecule has 0 aliphatic carbocycles. The van der Waals surface area contributed by atoms with Crippen LogP contribution in [-0.2, 0) is 11.3 Å². The highest BCUT2D eigenvalue weighted by atomic mass is 16.5. The fraction of sp³-hybridized carbons (Fsp3) is 0.286. The minimum atomic E-state index is -0.229. The largest absolute Gasteiger partial charge is 0.497 e. The van der Waals surface area contributed by atoms with Gasteiger partial charge in [-0.3, -0.25) is 4.79 Å². The third-order valence-corrected chi connectivity index (χ3v) is 4.34. The molecule has 9 heteroatoms. The van der Waals surface area contributed by atoms with Crippen LogP contribution >= 0.6 is 0 Å². The Morgan fingerprint density at radius 2 is 1.63 bits per heavy atom. The average Bonchev–Trinajstić information content (AvgIpc) is 3.25. The van der Waals surface area contributed by atoms with Gasteiger partial charge in [-0.1, -0.05) is 5.16 Å². The molecule has 0 aliphatic rings. The van der Waals surface area contributed by atoms with E-state index >= 15 is 0 Å². The van der Waals surface area contributed by atoms with Crippen molar-refractivity contribution in [3.05, 3.63) is 48.4 Å². The maximum absolute atomic E-state index is 12.3. The third-order valence-electron chi connectivity index (χ3n) is 4.34. The number of aromatic nitrogens is 2. The number of likely N-dealkylation sites (N-methyl/N-ethyl adjacent to an activating group) is 1. The highest BCUT2D eigenvalue weighted by Gasteiger charge is 2.17. The number of rotatable bonds is 9. The predicted molar refractivity (Wildman–Crippen MR) is 108 cm³/mol. The van der Waals surface area contributed by atoms with Gasteiger partial charge in [-0.05, 0) is 36.4 Å². The molecule has 1 aromatic heterocycles. The average molecular weight is 413 g/mol. The molecule has 158 valence electrons. The summed E-state index contributed by atoms with van der Waals surface area (Å²) in [5.74, 6) is 2.92. The number of carbonyl (C=O) groups is 1. The molecule has 3 aromatic rings. The lowest BCUT2D eigenvalue weighted by Gasteiger charge is -2.15. The van der Waals surface area contributed by atoms with E-state index in [1.54, 1.807) is 70.8 Å². The number of nitrogens with zero attached hydrogens (tertiary/aromatic N) is 3. The molecule has 0 unspecified atom stereocenters. The molecule has 0 aliphatic heterocycles. The van der Waals surface area contributed by atoms with E-state index in [2.05, 4.69) is 10.1 Å². The van der Waals surface area contributed by atoms with Crippen molar-refractivity contribution in [2.45, 2.75) is 6.54 Å². The summed E-state index contributed by atoms with van der Waals surface area (Å²) in [4.78, 5) is 18.2. The van der Waals surface area contributed by atoms with Gasteiger partial charge in [0.25, 0.3) is 5.91 Å². The van der Waals surface area contributed by atoms with Crippen molar-refractivity contribution in [2.75, 3.05) is 35.0 Å². The first kappa shape index (κ1) is 21.0. The van der Waals surface area contributed by atoms with Crippen molar-refractivity contribution in [3.8, 4) is 34.4 Å². The van der Waals surface area contributed by atoms with Crippen molar-refractivity contribution < 1.29 is 28.3 Å². The fourth-order valence-electron chi connectivity index (χ4n) is 2.63. The standard InChI is InChI=1S/C21H23N3O6/c1-24(20(25)13-29-15-7-5-14(26-2)6-8-15)12-19-22-21(23-30-19)17-10-9-16(27-3)11-18(17)28-4/h5-11H,12-13H2,1-4H3. The van der Waals surface area contributed by atoms with Gasteiger partial charge < -0.3 is 28.4 Å². The van der Waals surface area contributed by atoms with Gasteiger partial charge in [0.15, 0.2) is 6.61 Å². The van der Waals surface area contributed by atoms with Gasteiger partial charge in [-0.25, -0.2) is 0 Å². The summed E-state index contributed by atoms with van der Waals surface area (Å²) in [6.45, 7) is 0.0341. The second-order valence-corrected chi connectivity index (χ2v) is 6.29. The molecule has 3 rings (SSSR count). The van der Waals surface area contributed by atoms with Gasteiger partial charge in [0.2, 0.25) is 11.7 Å². The molecule has 0 spiro atoms. The summed E-state index contributed by atoms with van der Waals surface area (Å²) in [6, 6.07) is 12.3. The summed E-state index contributed by atoms with van der Waals surface area (Å²) in [5.41, 5.74) is 0.658. The van der Waals surface area contributed by atoms with E-state index in [-0.39, 0.29) is 19.1 Å². The van der Waals surface area contributed by atoms with Crippen molar-refractivity contribution >= 4 is 5.91 Å². The molecule has 0 radical (unpaired) electrons. The van der Waals surface area contributed by atoms with Crippen LogP contribution in [0.15, 0.2) is 47.0 Å². The van der Waals surface area contributed by atoms with Gasteiger partial charge in [-0.15, -0.1) is 0 Å². The first-order valence-corrected chi connectivity index (χ1v) is 9.10. The summed E-state index contributed by atoms with van der Waals surface area (Å²) >= 11 is 0. The van der Waals surface area contributed by atoms with Crippen molar-refractivity contribution in [1.82, 2.24) is 15.0 Å². The molecule has 0 fully saturated rings. The second-order valence-electron chi connectivity index (χ2n) is 6.29. The Morgan fingerprint density at radius 3 is 2.30 bits per heavy atom. The Bertz CT molecular complexity index is 987. The predicted octanol–water partition coefficient (Wildman–Crippen LogP) is 2.80. The van der Waals surface area contributed by atoms with E-state index in [0.717, 1.165) is 0 Å². The van der Waals surface area contributed by atoms with Crippen molar-refractivity contribution in [3.63, 3.8) is 0 Å². The summed E-state index contributed by atoms with van der Waals surface area (Å²) in [5, 5.41) is 3.98. The normalized spacial score (nSPS) is 10.4. The van der Waals surface area contributed by atoms with E-state index in [4.69, 9.17) is 23.5 Å². The van der Waals surface area contributed by atoms with E-state index in [1.165, 1.54) is 4.90 Å². The molecule has 30 heavy (non-hydrogen) atoms. The van der Waals surface area contributed by atoms with Crippen LogP contribution in [0.2, 0.25) is 0 Å². The molecular weight excluding hydrogens is 390 g/mol. The second kappa shape index (κ2) is 9.64. The van der Waals surface area contributed by atoms with E-state index in [1.807, 2.05) is 0 Å². The summed E-state index contributed by atoms with van der Waals surface area (Å²) in [6.07, 6.45) is 0. The SMILES string of the molecule is COc1ccc(OCC(=O)N(C)Cc2nc(-c3ccc(OC)cc3OC)no2)cc1. The maximum atomic E-state index is 12.3. The van der Waals surface area contributed by atoms with Crippen molar-refractivity contribution in [1.29, 1.82) is 0 Å². The third kappa shape index (κ3) is 4.99. The monoisotopic (exact) mass is 413 g/mol. The molecule has 1 amide bonds. The number of amides is 1. The molecule has 9 nitrogen and oxygen atoms in total. The highest BCUT2D eigenvalue weighted by Crippen LogP contribution is 2.31. The molecule has 1 heterocycles. The minimum absolute atomic E-state index is 0.115. The number of benzene rings is 2. The quantitative estimate of drug-likeness (QED) is 0.528. The number of carbonyl (C=O) groups excluding carboxylic acids is 1. The van der Waals surface area contributed by atoms with Crippen LogP contribution in [0.3, 0.4) is 0 Å². The zero-order valence-corrected chi connectivity index (χ0v) is 17.2. The number of hydrogen-bond acceptors (Lipinski definition) is 8. The molecule has 2 aromatic carbocycles. The molecule has 0 saturated carbocycles. The van der Waals surface area contributed by atoms with Crippen LogP contribution in [0.5, 0.6) is 23.0 Å².